The van der Waals surface area contributed by atoms with E-state index in [4.69, 9.17) is 4.74 Å². The minimum Gasteiger partial charge on any atom is -0.413 e. The van der Waals surface area contributed by atoms with E-state index in [1.54, 1.807) is 0 Å². The number of nitrogens with one attached hydrogen (secondary N) is 1. The van der Waals surface area contributed by atoms with Gasteiger partial charge < -0.3 is 10.1 Å². The van der Waals surface area contributed by atoms with Gasteiger partial charge in [-0.1, -0.05) is 18.7 Å². The lowest BCUT2D eigenvalue weighted by Crippen LogP contribution is -2.33. The van der Waals surface area contributed by atoms with Gasteiger partial charge >= 0.3 is 6.09 Å². The van der Waals surface area contributed by atoms with Crippen LogP contribution in [0.2, 0.25) is 0 Å². The van der Waals surface area contributed by atoms with Gasteiger partial charge in [0, 0.05) is 0 Å². The van der Waals surface area contributed by atoms with Gasteiger partial charge in [0.2, 0.25) is 0 Å². The Bertz CT molecular complexity index is 270. The molecule has 0 radical (unpaired) electrons. The standard InChI is InChI=1S/C10H13NO2/c1-7-9(11-10(12)13-7)8-5-3-2-4-6-8/h2-3,8-9H,1,4-6H2,(H,11,12). The van der Waals surface area contributed by atoms with E-state index >= 15 is 0 Å². The molecule has 0 spiro atoms. The number of alkyl carbamates (subject to hydrolysis) is 1. The molecule has 1 aliphatic carbocycles. The lowest BCUT2D eigenvalue weighted by molar-refractivity contribution is 0.195. The van der Waals surface area contributed by atoms with E-state index in [2.05, 4.69) is 24.0 Å². The van der Waals surface area contributed by atoms with Crippen LogP contribution in [0.1, 0.15) is 19.3 Å². The van der Waals surface area contributed by atoms with Gasteiger partial charge in [-0.2, -0.15) is 0 Å². The number of hydrogen-bond donors (Lipinski definition) is 1. The summed E-state index contributed by atoms with van der Waals surface area (Å²) in [6.07, 6.45) is 7.18. The number of carbonyl (C=O) groups is 1. The van der Waals surface area contributed by atoms with Gasteiger partial charge in [0.25, 0.3) is 0 Å². The molecule has 0 aromatic rings. The summed E-state index contributed by atoms with van der Waals surface area (Å²) in [7, 11) is 0. The molecule has 1 N–H and O–H groups in total. The summed E-state index contributed by atoms with van der Waals surface area (Å²) in [6.45, 7) is 3.73. The van der Waals surface area contributed by atoms with Gasteiger partial charge in [-0.25, -0.2) is 4.79 Å². The number of amides is 1. The smallest absolute Gasteiger partial charge is 0.412 e. The van der Waals surface area contributed by atoms with E-state index in [9.17, 15) is 4.79 Å². The van der Waals surface area contributed by atoms with Crippen LogP contribution in [-0.4, -0.2) is 12.1 Å². The van der Waals surface area contributed by atoms with Crippen LogP contribution in [-0.2, 0) is 4.74 Å². The fourth-order valence-electron chi connectivity index (χ4n) is 1.92. The van der Waals surface area contributed by atoms with Crippen LogP contribution in [0.4, 0.5) is 4.79 Å². The predicted molar refractivity (Wildman–Crippen MR) is 49.0 cm³/mol. The molecule has 1 amide bonds. The average molecular weight is 179 g/mol. The molecular weight excluding hydrogens is 166 g/mol. The highest BCUT2D eigenvalue weighted by Crippen LogP contribution is 2.28. The minimum atomic E-state index is -0.357. The van der Waals surface area contributed by atoms with Crippen molar-refractivity contribution in [1.29, 1.82) is 0 Å². The van der Waals surface area contributed by atoms with Gasteiger partial charge in [-0.15, -0.1) is 0 Å². The van der Waals surface area contributed by atoms with Crippen LogP contribution in [0.15, 0.2) is 24.5 Å². The second-order valence-electron chi connectivity index (χ2n) is 3.52. The summed E-state index contributed by atoms with van der Waals surface area (Å²) < 4.78 is 4.86. The first-order valence-corrected chi connectivity index (χ1v) is 4.59. The van der Waals surface area contributed by atoms with E-state index in [1.807, 2.05) is 0 Å². The van der Waals surface area contributed by atoms with Crippen molar-refractivity contribution in [2.24, 2.45) is 5.92 Å². The van der Waals surface area contributed by atoms with Crippen molar-refractivity contribution in [3.05, 3.63) is 24.5 Å². The SMILES string of the molecule is C=C1OC(=O)NC1C1CC=CCC1. The molecule has 1 saturated heterocycles. The summed E-state index contributed by atoms with van der Waals surface area (Å²) in [4.78, 5) is 10.9. The minimum absolute atomic E-state index is 0.0254. The quantitative estimate of drug-likeness (QED) is 0.625. The number of carbonyl (C=O) groups excluding carboxylic acids is 1. The fraction of sp³-hybridized carbons (Fsp3) is 0.500. The molecule has 70 valence electrons. The molecule has 2 aliphatic rings. The highest BCUT2D eigenvalue weighted by molar-refractivity contribution is 5.72. The first-order chi connectivity index (χ1) is 6.27. The normalized spacial score (nSPS) is 32.9. The Hall–Kier alpha value is -1.25. The zero-order chi connectivity index (χ0) is 9.26. The summed E-state index contributed by atoms with van der Waals surface area (Å²) >= 11 is 0. The lowest BCUT2D eigenvalue weighted by atomic mass is 9.87. The molecule has 3 nitrogen and oxygen atoms in total. The molecule has 1 heterocycles. The lowest BCUT2D eigenvalue weighted by Gasteiger charge is -2.22. The van der Waals surface area contributed by atoms with Crippen LogP contribution in [0, 0.1) is 5.92 Å². The molecule has 1 fully saturated rings. The van der Waals surface area contributed by atoms with Gasteiger partial charge in [0.1, 0.15) is 5.76 Å². The summed E-state index contributed by atoms with van der Waals surface area (Å²) in [6, 6.07) is 0.0254. The van der Waals surface area contributed by atoms with Crippen LogP contribution >= 0.6 is 0 Å². The fourth-order valence-corrected chi connectivity index (χ4v) is 1.92. The Morgan fingerprint density at radius 1 is 1.54 bits per heavy atom. The zero-order valence-corrected chi connectivity index (χ0v) is 7.45. The number of ether oxygens (including phenoxy) is 1. The first kappa shape index (κ1) is 8.35. The van der Waals surface area contributed by atoms with Crippen molar-refractivity contribution in [2.75, 3.05) is 0 Å². The number of allylic oxidation sites excluding steroid dienone is 2. The van der Waals surface area contributed by atoms with Crippen molar-refractivity contribution >= 4 is 6.09 Å². The molecule has 0 aromatic carbocycles. The largest absolute Gasteiger partial charge is 0.413 e. The van der Waals surface area contributed by atoms with E-state index in [0.717, 1.165) is 19.3 Å². The molecule has 2 atom stereocenters. The molecular formula is C10H13NO2. The van der Waals surface area contributed by atoms with Gasteiger partial charge in [-0.3, -0.25) is 0 Å². The highest BCUT2D eigenvalue weighted by Gasteiger charge is 2.33. The van der Waals surface area contributed by atoms with Crippen molar-refractivity contribution in [3.8, 4) is 0 Å². The Balaban J connectivity index is 2.04. The molecule has 13 heavy (non-hydrogen) atoms. The van der Waals surface area contributed by atoms with Crippen LogP contribution in [0.25, 0.3) is 0 Å². The summed E-state index contributed by atoms with van der Waals surface area (Å²) in [5.74, 6) is 1.04. The number of cyclic esters (lactones) is 1. The molecule has 2 unspecified atom stereocenters. The second kappa shape index (κ2) is 3.24. The van der Waals surface area contributed by atoms with E-state index in [0.29, 0.717) is 11.7 Å². The molecule has 0 bridgehead atoms. The third-order valence-electron chi connectivity index (χ3n) is 2.63. The third kappa shape index (κ3) is 1.59. The number of rotatable bonds is 1. The Labute approximate surface area is 77.5 Å². The zero-order valence-electron chi connectivity index (χ0n) is 7.45. The maximum atomic E-state index is 10.9. The van der Waals surface area contributed by atoms with Gasteiger partial charge in [0.05, 0.1) is 6.04 Å². The molecule has 0 aromatic heterocycles. The number of hydrogen-bond acceptors (Lipinski definition) is 2. The summed E-state index contributed by atoms with van der Waals surface area (Å²) in [5, 5.41) is 2.78. The topological polar surface area (TPSA) is 38.3 Å². The molecule has 2 rings (SSSR count). The van der Waals surface area contributed by atoms with E-state index in [-0.39, 0.29) is 12.1 Å². The monoisotopic (exact) mass is 179 g/mol. The van der Waals surface area contributed by atoms with Crippen LogP contribution < -0.4 is 5.32 Å². The second-order valence-corrected chi connectivity index (χ2v) is 3.52. The highest BCUT2D eigenvalue weighted by atomic mass is 16.6. The Morgan fingerprint density at radius 3 is 2.92 bits per heavy atom. The average Bonchev–Trinajstić information content (AvgIpc) is 2.47. The van der Waals surface area contributed by atoms with Crippen molar-refractivity contribution < 1.29 is 9.53 Å². The van der Waals surface area contributed by atoms with Gasteiger partial charge in [-0.05, 0) is 25.2 Å². The van der Waals surface area contributed by atoms with Crippen molar-refractivity contribution in [3.63, 3.8) is 0 Å². The van der Waals surface area contributed by atoms with E-state index in [1.165, 1.54) is 0 Å². The summed E-state index contributed by atoms with van der Waals surface area (Å²) in [5.41, 5.74) is 0. The van der Waals surface area contributed by atoms with Crippen LogP contribution in [0.5, 0.6) is 0 Å². The van der Waals surface area contributed by atoms with Crippen molar-refractivity contribution in [2.45, 2.75) is 25.3 Å². The predicted octanol–water partition coefficient (Wildman–Crippen LogP) is 1.96. The maximum Gasteiger partial charge on any atom is 0.412 e. The Morgan fingerprint density at radius 2 is 2.38 bits per heavy atom. The molecule has 0 saturated carbocycles. The van der Waals surface area contributed by atoms with Crippen LogP contribution in [0.3, 0.4) is 0 Å². The van der Waals surface area contributed by atoms with Crippen molar-refractivity contribution in [1.82, 2.24) is 5.32 Å². The van der Waals surface area contributed by atoms with Gasteiger partial charge in [0.15, 0.2) is 0 Å². The first-order valence-electron chi connectivity index (χ1n) is 4.59. The maximum absolute atomic E-state index is 10.9. The van der Waals surface area contributed by atoms with E-state index < -0.39 is 0 Å². The molecule has 3 heteroatoms. The Kier molecular flexibility index (Phi) is 2.08. The third-order valence-corrected chi connectivity index (χ3v) is 2.63. The molecule has 1 aliphatic heterocycles.